The third-order valence-corrected chi connectivity index (χ3v) is 6.95. The van der Waals surface area contributed by atoms with Gasteiger partial charge >= 0.3 is 0 Å². The Morgan fingerprint density at radius 2 is 1.80 bits per heavy atom. The van der Waals surface area contributed by atoms with E-state index in [1.807, 2.05) is 0 Å². The number of sulfonamides is 1. The number of benzene rings is 1. The van der Waals surface area contributed by atoms with Crippen LogP contribution in [0.1, 0.15) is 27.7 Å². The van der Waals surface area contributed by atoms with Crippen LogP contribution in [0.3, 0.4) is 0 Å². The molecule has 1 aromatic carbocycles. The summed E-state index contributed by atoms with van der Waals surface area (Å²) in [4.78, 5) is 0.0374. The second-order valence-electron chi connectivity index (χ2n) is 6.54. The zero-order valence-corrected chi connectivity index (χ0v) is 13.8. The molecule has 0 bridgehead atoms. The third-order valence-electron chi connectivity index (χ3n) is 5.04. The van der Waals surface area contributed by atoms with Gasteiger partial charge in [-0.05, 0) is 34.9 Å². The number of nitrogen functional groups attached to an aromatic ring is 1. The Bertz CT molecular complexity index is 625. The molecule has 3 N–H and O–H groups in total. The summed E-state index contributed by atoms with van der Waals surface area (Å²) >= 11 is 5.95. The average Bonchev–Trinajstić information content (AvgIpc) is 2.70. The van der Waals surface area contributed by atoms with Crippen LogP contribution in [-0.4, -0.2) is 15.0 Å². The predicted octanol–water partition coefficient (Wildman–Crippen LogP) is 2.88. The minimum absolute atomic E-state index is 0.0374. The number of nitrogens with one attached hydrogen (secondary N) is 1. The maximum Gasteiger partial charge on any atom is 0.242 e. The topological polar surface area (TPSA) is 72.2 Å². The standard InChI is InChI=1S/C14H21ClN2O2S/c1-13(2)12(14(13,3)4)8-17-20(18,19)11-7-9(16)5-6-10(11)15/h5-7,12,17H,8,16H2,1-4H3. The van der Waals surface area contributed by atoms with Crippen molar-refractivity contribution in [3.05, 3.63) is 23.2 Å². The fourth-order valence-electron chi connectivity index (χ4n) is 2.84. The lowest BCUT2D eigenvalue weighted by atomic mass is 10.0. The van der Waals surface area contributed by atoms with Crippen molar-refractivity contribution < 1.29 is 8.42 Å². The maximum atomic E-state index is 12.3. The molecule has 0 aliphatic heterocycles. The first-order chi connectivity index (χ1) is 9.00. The molecule has 2 rings (SSSR count). The molecule has 1 aliphatic carbocycles. The highest BCUT2D eigenvalue weighted by Gasteiger charge is 2.64. The van der Waals surface area contributed by atoms with Gasteiger partial charge in [0.2, 0.25) is 10.0 Å². The average molecular weight is 317 g/mol. The van der Waals surface area contributed by atoms with Gasteiger partial charge in [0.1, 0.15) is 4.90 Å². The summed E-state index contributed by atoms with van der Waals surface area (Å²) in [5, 5.41) is 0.181. The van der Waals surface area contributed by atoms with Crippen molar-refractivity contribution in [2.24, 2.45) is 16.7 Å². The van der Waals surface area contributed by atoms with Crippen molar-refractivity contribution in [3.8, 4) is 0 Å². The van der Waals surface area contributed by atoms with Crippen LogP contribution in [0.2, 0.25) is 5.02 Å². The summed E-state index contributed by atoms with van der Waals surface area (Å²) in [7, 11) is -3.63. The van der Waals surface area contributed by atoms with Gasteiger partial charge in [-0.25, -0.2) is 13.1 Å². The number of hydrogen-bond donors (Lipinski definition) is 2. The number of anilines is 1. The summed E-state index contributed by atoms with van der Waals surface area (Å²) in [6, 6.07) is 4.46. The van der Waals surface area contributed by atoms with E-state index in [9.17, 15) is 8.42 Å². The molecule has 0 saturated heterocycles. The molecule has 0 unspecified atom stereocenters. The van der Waals surface area contributed by atoms with Gasteiger partial charge < -0.3 is 5.73 Å². The molecule has 20 heavy (non-hydrogen) atoms. The van der Waals surface area contributed by atoms with Gasteiger partial charge in [0.25, 0.3) is 0 Å². The fourth-order valence-corrected chi connectivity index (χ4v) is 4.42. The molecule has 1 fully saturated rings. The van der Waals surface area contributed by atoms with E-state index in [2.05, 4.69) is 32.4 Å². The SMILES string of the molecule is CC1(C)C(CNS(=O)(=O)c2cc(N)ccc2Cl)C1(C)C. The number of rotatable bonds is 4. The Kier molecular flexibility index (Phi) is 3.60. The molecule has 0 heterocycles. The van der Waals surface area contributed by atoms with Crippen LogP contribution in [-0.2, 0) is 10.0 Å². The van der Waals surface area contributed by atoms with Crippen molar-refractivity contribution in [2.75, 3.05) is 12.3 Å². The van der Waals surface area contributed by atoms with Gasteiger partial charge in [0.05, 0.1) is 5.02 Å². The molecule has 0 aromatic heterocycles. The molecule has 0 radical (unpaired) electrons. The molecular weight excluding hydrogens is 296 g/mol. The van der Waals surface area contributed by atoms with Gasteiger partial charge in [-0.15, -0.1) is 0 Å². The van der Waals surface area contributed by atoms with Crippen LogP contribution in [0.5, 0.6) is 0 Å². The van der Waals surface area contributed by atoms with Gasteiger partial charge in [-0.2, -0.15) is 0 Å². The van der Waals surface area contributed by atoms with Crippen LogP contribution in [0.4, 0.5) is 5.69 Å². The van der Waals surface area contributed by atoms with E-state index >= 15 is 0 Å². The summed E-state index contributed by atoms with van der Waals surface area (Å²) in [5.41, 5.74) is 6.27. The lowest BCUT2D eigenvalue weighted by molar-refractivity contribution is 0.457. The molecule has 0 atom stereocenters. The maximum absolute atomic E-state index is 12.3. The molecule has 0 spiro atoms. The van der Waals surface area contributed by atoms with Gasteiger partial charge in [0, 0.05) is 12.2 Å². The third kappa shape index (κ3) is 2.43. The second kappa shape index (κ2) is 4.61. The monoisotopic (exact) mass is 316 g/mol. The first-order valence-corrected chi connectivity index (χ1v) is 8.41. The van der Waals surface area contributed by atoms with E-state index in [1.54, 1.807) is 6.07 Å². The quantitative estimate of drug-likeness (QED) is 0.839. The summed E-state index contributed by atoms with van der Waals surface area (Å²) in [6.07, 6.45) is 0. The Morgan fingerprint density at radius 1 is 1.25 bits per heavy atom. The highest BCUT2D eigenvalue weighted by atomic mass is 35.5. The van der Waals surface area contributed by atoms with Crippen molar-refractivity contribution in [1.29, 1.82) is 0 Å². The van der Waals surface area contributed by atoms with Crippen LogP contribution in [0.15, 0.2) is 23.1 Å². The van der Waals surface area contributed by atoms with E-state index < -0.39 is 10.0 Å². The minimum atomic E-state index is -3.63. The van der Waals surface area contributed by atoms with Crippen molar-refractivity contribution in [2.45, 2.75) is 32.6 Å². The van der Waals surface area contributed by atoms with E-state index in [4.69, 9.17) is 17.3 Å². The Morgan fingerprint density at radius 3 is 2.30 bits per heavy atom. The smallest absolute Gasteiger partial charge is 0.242 e. The normalized spacial score (nSPS) is 20.9. The predicted molar refractivity (Wildman–Crippen MR) is 82.1 cm³/mol. The molecular formula is C14H21ClN2O2S. The highest BCUT2D eigenvalue weighted by Crippen LogP contribution is 2.67. The minimum Gasteiger partial charge on any atom is -0.399 e. The fraction of sp³-hybridized carbons (Fsp3) is 0.571. The van der Waals surface area contributed by atoms with Gasteiger partial charge in [-0.3, -0.25) is 0 Å². The molecule has 6 heteroatoms. The molecule has 112 valence electrons. The number of nitrogens with two attached hydrogens (primary N) is 1. The van der Waals surface area contributed by atoms with Crippen molar-refractivity contribution in [1.82, 2.24) is 4.72 Å². The number of halogens is 1. The molecule has 4 nitrogen and oxygen atoms in total. The van der Waals surface area contributed by atoms with Crippen LogP contribution < -0.4 is 10.5 Å². The molecule has 1 aliphatic rings. The zero-order chi connectivity index (χ0) is 15.3. The van der Waals surface area contributed by atoms with Crippen molar-refractivity contribution in [3.63, 3.8) is 0 Å². The lowest BCUT2D eigenvalue weighted by Crippen LogP contribution is -2.27. The van der Waals surface area contributed by atoms with Crippen molar-refractivity contribution >= 4 is 27.3 Å². The van der Waals surface area contributed by atoms with Gasteiger partial charge in [0.15, 0.2) is 0 Å². The summed E-state index contributed by atoms with van der Waals surface area (Å²) in [6.45, 7) is 9.02. The highest BCUT2D eigenvalue weighted by molar-refractivity contribution is 7.89. The molecule has 0 amide bonds. The van der Waals surface area contributed by atoms with Crippen LogP contribution >= 0.6 is 11.6 Å². The number of hydrogen-bond acceptors (Lipinski definition) is 3. The Hall–Kier alpha value is -0.780. The summed E-state index contributed by atoms with van der Waals surface area (Å²) in [5.74, 6) is 0.310. The van der Waals surface area contributed by atoms with E-state index in [0.29, 0.717) is 18.2 Å². The van der Waals surface area contributed by atoms with E-state index in [1.165, 1.54) is 12.1 Å². The largest absolute Gasteiger partial charge is 0.399 e. The van der Waals surface area contributed by atoms with Crippen LogP contribution in [0, 0.1) is 16.7 Å². The van der Waals surface area contributed by atoms with E-state index in [-0.39, 0.29) is 20.7 Å². The second-order valence-corrected chi connectivity index (χ2v) is 8.68. The molecule has 1 aromatic rings. The first-order valence-electron chi connectivity index (χ1n) is 6.55. The first kappa shape index (κ1) is 15.6. The lowest BCUT2D eigenvalue weighted by Gasteiger charge is -2.10. The summed E-state index contributed by atoms with van der Waals surface area (Å²) < 4.78 is 27.3. The zero-order valence-electron chi connectivity index (χ0n) is 12.2. The van der Waals surface area contributed by atoms with Gasteiger partial charge in [-0.1, -0.05) is 39.3 Å². The van der Waals surface area contributed by atoms with E-state index in [0.717, 1.165) is 0 Å². The Balaban J connectivity index is 2.16. The Labute approximate surface area is 125 Å². The van der Waals surface area contributed by atoms with Crippen LogP contribution in [0.25, 0.3) is 0 Å². The molecule has 1 saturated carbocycles.